The monoisotopic (exact) mass is 233 g/mol. The van der Waals surface area contributed by atoms with Crippen LogP contribution in [0.1, 0.15) is 31.3 Å². The summed E-state index contributed by atoms with van der Waals surface area (Å²) in [5.74, 6) is 0.679. The Bertz CT molecular complexity index is 530. The molecule has 0 aliphatic carbocycles. The van der Waals surface area contributed by atoms with E-state index in [9.17, 15) is 0 Å². The molecule has 1 aromatic heterocycles. The average molecular weight is 233 g/mol. The minimum atomic E-state index is -0.160. The molecule has 2 aromatic rings. The van der Waals surface area contributed by atoms with Gasteiger partial charge < -0.3 is 15.5 Å². The van der Waals surface area contributed by atoms with E-state index < -0.39 is 0 Å². The summed E-state index contributed by atoms with van der Waals surface area (Å²) in [7, 11) is 1.92. The summed E-state index contributed by atoms with van der Waals surface area (Å²) in [6, 6.07) is 5.83. The van der Waals surface area contributed by atoms with Crippen molar-refractivity contribution < 1.29 is 4.42 Å². The molecule has 0 aliphatic heterocycles. The van der Waals surface area contributed by atoms with Crippen LogP contribution < -0.4 is 11.1 Å². The van der Waals surface area contributed by atoms with Gasteiger partial charge in [0.15, 0.2) is 11.5 Å². The van der Waals surface area contributed by atoms with E-state index in [-0.39, 0.29) is 11.6 Å². The Kier molecular flexibility index (Phi) is 2.93. The van der Waals surface area contributed by atoms with Gasteiger partial charge in [0.05, 0.1) is 0 Å². The van der Waals surface area contributed by atoms with Crippen molar-refractivity contribution >= 4 is 11.1 Å². The quantitative estimate of drug-likeness (QED) is 0.852. The minimum absolute atomic E-state index is 0.0890. The molecule has 0 saturated carbocycles. The summed E-state index contributed by atoms with van der Waals surface area (Å²) in [5.41, 5.74) is 8.83. The largest absolute Gasteiger partial charge is 0.441 e. The fourth-order valence-electron chi connectivity index (χ4n) is 1.83. The van der Waals surface area contributed by atoms with Gasteiger partial charge >= 0.3 is 0 Å². The molecule has 92 valence electrons. The number of nitrogens with two attached hydrogens (primary N) is 1. The van der Waals surface area contributed by atoms with E-state index in [2.05, 4.69) is 24.1 Å². The second-order valence-corrected chi connectivity index (χ2v) is 4.91. The Hall–Kier alpha value is -1.39. The highest BCUT2D eigenvalue weighted by molar-refractivity contribution is 5.73. The number of rotatable bonds is 3. The maximum absolute atomic E-state index is 6.26. The van der Waals surface area contributed by atoms with Gasteiger partial charge in [0.1, 0.15) is 5.52 Å². The van der Waals surface area contributed by atoms with Crippen molar-refractivity contribution in [3.05, 3.63) is 29.7 Å². The van der Waals surface area contributed by atoms with Crippen LogP contribution in [-0.2, 0) is 0 Å². The third-order valence-electron chi connectivity index (χ3n) is 3.30. The second-order valence-electron chi connectivity index (χ2n) is 4.91. The smallest absolute Gasteiger partial charge is 0.192 e. The molecule has 2 rings (SSSR count). The van der Waals surface area contributed by atoms with E-state index in [4.69, 9.17) is 10.2 Å². The van der Waals surface area contributed by atoms with E-state index in [1.807, 2.05) is 32.2 Å². The first-order valence-corrected chi connectivity index (χ1v) is 5.75. The van der Waals surface area contributed by atoms with Crippen LogP contribution in [0.5, 0.6) is 0 Å². The van der Waals surface area contributed by atoms with E-state index in [0.29, 0.717) is 5.89 Å². The van der Waals surface area contributed by atoms with Gasteiger partial charge in [-0.05, 0) is 38.6 Å². The molecule has 4 nitrogen and oxygen atoms in total. The molecule has 0 aliphatic rings. The fourth-order valence-corrected chi connectivity index (χ4v) is 1.83. The lowest BCUT2D eigenvalue weighted by atomic mass is 9.89. The van der Waals surface area contributed by atoms with Crippen LogP contribution in [0.3, 0.4) is 0 Å². The number of hydrogen-bond acceptors (Lipinski definition) is 4. The Balaban J connectivity index is 2.42. The topological polar surface area (TPSA) is 64.1 Å². The lowest BCUT2D eigenvalue weighted by Gasteiger charge is -2.31. The van der Waals surface area contributed by atoms with Gasteiger partial charge in [0.2, 0.25) is 0 Å². The highest BCUT2D eigenvalue weighted by Gasteiger charge is 2.26. The number of nitrogens with one attached hydrogen (secondary N) is 1. The Morgan fingerprint density at radius 1 is 1.41 bits per heavy atom. The molecule has 1 heterocycles. The van der Waals surface area contributed by atoms with E-state index >= 15 is 0 Å². The van der Waals surface area contributed by atoms with Crippen molar-refractivity contribution in [1.82, 2.24) is 10.3 Å². The number of hydrogen-bond donors (Lipinski definition) is 2. The third kappa shape index (κ3) is 2.18. The second kappa shape index (κ2) is 4.13. The van der Waals surface area contributed by atoms with Gasteiger partial charge in [-0.15, -0.1) is 0 Å². The van der Waals surface area contributed by atoms with Crippen LogP contribution in [0.15, 0.2) is 22.6 Å². The third-order valence-corrected chi connectivity index (χ3v) is 3.30. The number of oxazole rings is 1. The first kappa shape index (κ1) is 12.1. The van der Waals surface area contributed by atoms with Gasteiger partial charge in [-0.1, -0.05) is 6.07 Å². The number of aromatic nitrogens is 1. The maximum Gasteiger partial charge on any atom is 0.192 e. The molecule has 0 radical (unpaired) electrons. The number of fused-ring (bicyclic) bond motifs is 1. The highest BCUT2D eigenvalue weighted by Crippen LogP contribution is 2.26. The molecule has 0 fully saturated rings. The lowest BCUT2D eigenvalue weighted by molar-refractivity contribution is 0.349. The predicted octanol–water partition coefficient (Wildman–Crippen LogP) is 2.13. The standard InChI is InChI=1S/C13H19N3O/c1-8-16-10-7-9(5-6-11(10)17-8)12(14)13(2,3)15-4/h5-7,12,15H,14H2,1-4H3. The predicted molar refractivity (Wildman–Crippen MR) is 68.8 cm³/mol. The molecule has 4 heteroatoms. The van der Waals surface area contributed by atoms with Gasteiger partial charge in [0, 0.05) is 18.5 Å². The Labute approximate surface area is 101 Å². The molecule has 1 unspecified atom stereocenters. The van der Waals surface area contributed by atoms with E-state index in [1.54, 1.807) is 0 Å². The average Bonchev–Trinajstić information content (AvgIpc) is 2.66. The molecule has 1 aromatic carbocycles. The molecule has 0 amide bonds. The SMILES string of the molecule is CNC(C)(C)C(N)c1ccc2oc(C)nc2c1. The number of benzene rings is 1. The van der Waals surface area contributed by atoms with Crippen molar-refractivity contribution in [2.75, 3.05) is 7.05 Å². The van der Waals surface area contributed by atoms with Crippen LogP contribution in [0.2, 0.25) is 0 Å². The Morgan fingerprint density at radius 2 is 2.12 bits per heavy atom. The highest BCUT2D eigenvalue weighted by atomic mass is 16.3. The summed E-state index contributed by atoms with van der Waals surface area (Å²) in [4.78, 5) is 4.32. The number of nitrogens with zero attached hydrogens (tertiary/aromatic N) is 1. The molecule has 0 bridgehead atoms. The van der Waals surface area contributed by atoms with E-state index in [0.717, 1.165) is 16.7 Å². The molecular weight excluding hydrogens is 214 g/mol. The number of aryl methyl sites for hydroxylation is 1. The zero-order valence-corrected chi connectivity index (χ0v) is 10.7. The van der Waals surface area contributed by atoms with Crippen LogP contribution in [0, 0.1) is 6.92 Å². The zero-order chi connectivity index (χ0) is 12.6. The van der Waals surface area contributed by atoms with Crippen LogP contribution in [-0.4, -0.2) is 17.6 Å². The summed E-state index contributed by atoms with van der Waals surface area (Å²) in [6.45, 7) is 6.00. The van der Waals surface area contributed by atoms with Crippen LogP contribution in [0.25, 0.3) is 11.1 Å². The fraction of sp³-hybridized carbons (Fsp3) is 0.462. The Morgan fingerprint density at radius 3 is 2.76 bits per heavy atom. The zero-order valence-electron chi connectivity index (χ0n) is 10.7. The van der Waals surface area contributed by atoms with Gasteiger partial charge in [0.25, 0.3) is 0 Å². The first-order chi connectivity index (χ1) is 7.94. The maximum atomic E-state index is 6.26. The van der Waals surface area contributed by atoms with Crippen molar-refractivity contribution in [3.63, 3.8) is 0 Å². The molecule has 3 N–H and O–H groups in total. The normalized spacial score (nSPS) is 14.2. The van der Waals surface area contributed by atoms with Crippen molar-refractivity contribution in [3.8, 4) is 0 Å². The van der Waals surface area contributed by atoms with Crippen molar-refractivity contribution in [2.24, 2.45) is 5.73 Å². The van der Waals surface area contributed by atoms with Crippen molar-refractivity contribution in [1.29, 1.82) is 0 Å². The van der Waals surface area contributed by atoms with Gasteiger partial charge in [-0.25, -0.2) is 4.98 Å². The molecule has 17 heavy (non-hydrogen) atoms. The molecular formula is C13H19N3O. The first-order valence-electron chi connectivity index (χ1n) is 5.75. The molecule has 1 atom stereocenters. The lowest BCUT2D eigenvalue weighted by Crippen LogP contribution is -2.46. The summed E-state index contributed by atoms with van der Waals surface area (Å²) in [6.07, 6.45) is 0. The summed E-state index contributed by atoms with van der Waals surface area (Å²) >= 11 is 0. The summed E-state index contributed by atoms with van der Waals surface area (Å²) in [5, 5.41) is 3.22. The van der Waals surface area contributed by atoms with E-state index in [1.165, 1.54) is 0 Å². The van der Waals surface area contributed by atoms with Crippen molar-refractivity contribution in [2.45, 2.75) is 32.4 Å². The molecule has 0 spiro atoms. The van der Waals surface area contributed by atoms with Crippen LogP contribution in [0.4, 0.5) is 0 Å². The molecule has 0 saturated heterocycles. The number of likely N-dealkylation sites (N-methyl/N-ethyl adjacent to an activating group) is 1. The minimum Gasteiger partial charge on any atom is -0.441 e. The van der Waals surface area contributed by atoms with Gasteiger partial charge in [-0.3, -0.25) is 0 Å². The van der Waals surface area contributed by atoms with Gasteiger partial charge in [-0.2, -0.15) is 0 Å². The van der Waals surface area contributed by atoms with Crippen LogP contribution >= 0.6 is 0 Å². The summed E-state index contributed by atoms with van der Waals surface area (Å²) < 4.78 is 5.45.